The van der Waals surface area contributed by atoms with Crippen LogP contribution in [0.5, 0.6) is 5.75 Å². The van der Waals surface area contributed by atoms with Gasteiger partial charge in [-0.15, -0.1) is 0 Å². The van der Waals surface area contributed by atoms with Gasteiger partial charge >= 0.3 is 5.63 Å². The summed E-state index contributed by atoms with van der Waals surface area (Å²) in [6.45, 7) is 0. The van der Waals surface area contributed by atoms with Crippen molar-refractivity contribution in [2.24, 2.45) is 0 Å². The second kappa shape index (κ2) is 6.83. The van der Waals surface area contributed by atoms with Crippen LogP contribution in [0.2, 0.25) is 5.02 Å². The molecule has 0 saturated heterocycles. The number of furan rings is 1. The van der Waals surface area contributed by atoms with E-state index in [0.717, 1.165) is 38.8 Å². The van der Waals surface area contributed by atoms with Gasteiger partial charge in [-0.05, 0) is 47.0 Å². The molecule has 0 aliphatic rings. The van der Waals surface area contributed by atoms with Crippen molar-refractivity contribution in [2.45, 2.75) is 0 Å². The summed E-state index contributed by atoms with van der Waals surface area (Å²) < 4.78 is 16.4. The van der Waals surface area contributed by atoms with Crippen molar-refractivity contribution < 1.29 is 13.6 Å². The summed E-state index contributed by atoms with van der Waals surface area (Å²) in [6.07, 6.45) is 1.71. The fourth-order valence-corrected chi connectivity index (χ4v) is 3.67. The average Bonchev–Trinajstić information content (AvgIpc) is 3.15. The molecule has 0 radical (unpaired) electrons. The molecule has 0 atom stereocenters. The first-order valence-electron chi connectivity index (χ1n) is 9.02. The van der Waals surface area contributed by atoms with Crippen LogP contribution >= 0.6 is 11.6 Å². The van der Waals surface area contributed by atoms with Crippen LogP contribution < -0.4 is 10.4 Å². The molecule has 0 bridgehead atoms. The number of halogens is 1. The van der Waals surface area contributed by atoms with E-state index < -0.39 is 5.63 Å². The van der Waals surface area contributed by atoms with Crippen LogP contribution in [0.4, 0.5) is 0 Å². The molecule has 2 heterocycles. The monoisotopic (exact) mass is 402 g/mol. The van der Waals surface area contributed by atoms with Crippen LogP contribution in [0.25, 0.3) is 44.2 Å². The summed E-state index contributed by atoms with van der Waals surface area (Å²) in [5.41, 5.74) is 4.36. The van der Waals surface area contributed by atoms with Crippen molar-refractivity contribution in [2.75, 3.05) is 7.11 Å². The fraction of sp³-hybridized carbons (Fsp3) is 0.0417. The third-order valence-corrected chi connectivity index (χ3v) is 5.25. The predicted molar refractivity (Wildman–Crippen MR) is 115 cm³/mol. The number of hydrogen-bond acceptors (Lipinski definition) is 4. The van der Waals surface area contributed by atoms with Crippen molar-refractivity contribution in [3.63, 3.8) is 0 Å². The first kappa shape index (κ1) is 17.6. The lowest BCUT2D eigenvalue weighted by Crippen LogP contribution is -1.98. The molecule has 5 aromatic rings. The van der Waals surface area contributed by atoms with Gasteiger partial charge in [0, 0.05) is 33.5 Å². The molecule has 0 amide bonds. The SMILES string of the molecule is COc1ccc(-c2cc(=O)oc3cc4occ(-c5ccc(Cl)cc5)c4cc23)cc1. The molecule has 0 aliphatic heterocycles. The molecule has 2 aromatic heterocycles. The maximum atomic E-state index is 12.2. The van der Waals surface area contributed by atoms with Gasteiger partial charge in [-0.25, -0.2) is 4.79 Å². The van der Waals surface area contributed by atoms with Gasteiger partial charge in [0.15, 0.2) is 0 Å². The highest BCUT2D eigenvalue weighted by atomic mass is 35.5. The van der Waals surface area contributed by atoms with Gasteiger partial charge < -0.3 is 13.6 Å². The highest BCUT2D eigenvalue weighted by Gasteiger charge is 2.14. The van der Waals surface area contributed by atoms with Crippen molar-refractivity contribution in [1.29, 1.82) is 0 Å². The number of rotatable bonds is 3. The lowest BCUT2D eigenvalue weighted by Gasteiger charge is -2.07. The molecule has 142 valence electrons. The molecule has 5 heteroatoms. The van der Waals surface area contributed by atoms with E-state index >= 15 is 0 Å². The van der Waals surface area contributed by atoms with Gasteiger partial charge in [0.25, 0.3) is 0 Å². The van der Waals surface area contributed by atoms with E-state index in [1.165, 1.54) is 6.07 Å². The standard InChI is InChI=1S/C24H15ClO4/c1-27-17-8-4-14(5-9-17)18-11-24(26)29-23-12-22-20(10-19(18)23)21(13-28-22)15-2-6-16(25)7-3-15/h2-13H,1H3. The molecule has 0 N–H and O–H groups in total. The van der Waals surface area contributed by atoms with Crippen LogP contribution in [0, 0.1) is 0 Å². The third-order valence-electron chi connectivity index (χ3n) is 4.99. The molecule has 5 rings (SSSR count). The molecule has 3 aromatic carbocycles. The van der Waals surface area contributed by atoms with Crippen LogP contribution in [0.15, 0.2) is 86.6 Å². The van der Waals surface area contributed by atoms with E-state index in [1.54, 1.807) is 19.4 Å². The van der Waals surface area contributed by atoms with Gasteiger partial charge in [-0.1, -0.05) is 35.9 Å². The van der Waals surface area contributed by atoms with Gasteiger partial charge in [-0.2, -0.15) is 0 Å². The number of methoxy groups -OCH3 is 1. The smallest absolute Gasteiger partial charge is 0.336 e. The minimum atomic E-state index is -0.410. The van der Waals surface area contributed by atoms with Crippen molar-refractivity contribution in [3.8, 4) is 28.0 Å². The summed E-state index contributed by atoms with van der Waals surface area (Å²) in [7, 11) is 1.62. The molecule has 29 heavy (non-hydrogen) atoms. The minimum absolute atomic E-state index is 0.410. The zero-order chi connectivity index (χ0) is 20.0. The van der Waals surface area contributed by atoms with E-state index in [-0.39, 0.29) is 0 Å². The Hall–Kier alpha value is -3.50. The average molecular weight is 403 g/mol. The quantitative estimate of drug-likeness (QED) is 0.322. The molecule has 0 fully saturated rings. The number of ether oxygens (including phenoxy) is 1. The van der Waals surface area contributed by atoms with E-state index in [4.69, 9.17) is 25.2 Å². The van der Waals surface area contributed by atoms with E-state index in [2.05, 4.69) is 0 Å². The molecular weight excluding hydrogens is 388 g/mol. The lowest BCUT2D eigenvalue weighted by molar-refractivity contribution is 0.415. The summed E-state index contributed by atoms with van der Waals surface area (Å²) in [6, 6.07) is 20.4. The lowest BCUT2D eigenvalue weighted by atomic mass is 9.98. The van der Waals surface area contributed by atoms with Crippen LogP contribution in [-0.2, 0) is 0 Å². The van der Waals surface area contributed by atoms with E-state index in [0.29, 0.717) is 16.2 Å². The first-order chi connectivity index (χ1) is 14.1. The summed E-state index contributed by atoms with van der Waals surface area (Å²) in [4.78, 5) is 12.2. The molecule has 0 saturated carbocycles. The Morgan fingerprint density at radius 2 is 1.45 bits per heavy atom. The van der Waals surface area contributed by atoms with Crippen molar-refractivity contribution >= 4 is 33.5 Å². The van der Waals surface area contributed by atoms with Gasteiger partial charge in [0.05, 0.1) is 13.4 Å². The Morgan fingerprint density at radius 1 is 0.793 bits per heavy atom. The Kier molecular flexibility index (Phi) is 4.14. The minimum Gasteiger partial charge on any atom is -0.497 e. The predicted octanol–water partition coefficient (Wildman–Crippen LogP) is 6.54. The Balaban J connectivity index is 1.77. The second-order valence-electron chi connectivity index (χ2n) is 6.71. The molecule has 0 aliphatic carbocycles. The Morgan fingerprint density at radius 3 is 2.17 bits per heavy atom. The maximum absolute atomic E-state index is 12.2. The van der Waals surface area contributed by atoms with Gasteiger partial charge in [0.1, 0.15) is 16.9 Å². The number of benzene rings is 3. The van der Waals surface area contributed by atoms with Crippen LogP contribution in [-0.4, -0.2) is 7.11 Å². The highest BCUT2D eigenvalue weighted by molar-refractivity contribution is 6.30. The summed E-state index contributed by atoms with van der Waals surface area (Å²) >= 11 is 6.02. The van der Waals surface area contributed by atoms with Crippen LogP contribution in [0.3, 0.4) is 0 Å². The topological polar surface area (TPSA) is 52.6 Å². The van der Waals surface area contributed by atoms with E-state index in [1.807, 2.05) is 54.6 Å². The zero-order valence-electron chi connectivity index (χ0n) is 15.4. The molecule has 0 spiro atoms. The van der Waals surface area contributed by atoms with Gasteiger partial charge in [-0.3, -0.25) is 0 Å². The summed E-state index contributed by atoms with van der Waals surface area (Å²) in [5, 5.41) is 2.44. The number of hydrogen-bond donors (Lipinski definition) is 0. The largest absolute Gasteiger partial charge is 0.497 e. The third kappa shape index (κ3) is 3.08. The first-order valence-corrected chi connectivity index (χ1v) is 9.39. The summed E-state index contributed by atoms with van der Waals surface area (Å²) in [5.74, 6) is 0.753. The zero-order valence-corrected chi connectivity index (χ0v) is 16.2. The molecule has 4 nitrogen and oxygen atoms in total. The second-order valence-corrected chi connectivity index (χ2v) is 7.14. The van der Waals surface area contributed by atoms with Crippen molar-refractivity contribution in [1.82, 2.24) is 0 Å². The molecular formula is C24H15ClO4. The Labute approximate surface area is 170 Å². The number of fused-ring (bicyclic) bond motifs is 2. The Bertz CT molecular complexity index is 1390. The normalized spacial score (nSPS) is 11.2. The van der Waals surface area contributed by atoms with Crippen molar-refractivity contribution in [3.05, 3.63) is 88.4 Å². The van der Waals surface area contributed by atoms with Gasteiger partial charge in [0.2, 0.25) is 0 Å². The highest BCUT2D eigenvalue weighted by Crippen LogP contribution is 2.37. The van der Waals surface area contributed by atoms with Crippen LogP contribution in [0.1, 0.15) is 0 Å². The fourth-order valence-electron chi connectivity index (χ4n) is 3.55. The maximum Gasteiger partial charge on any atom is 0.336 e. The molecule has 0 unspecified atom stereocenters. The van der Waals surface area contributed by atoms with E-state index in [9.17, 15) is 4.79 Å².